The molecule has 0 aliphatic carbocycles. The molecule has 1 aromatic carbocycles. The van der Waals surface area contributed by atoms with Gasteiger partial charge in [0.15, 0.2) is 0 Å². The van der Waals surface area contributed by atoms with Crippen molar-refractivity contribution in [1.82, 2.24) is 15.1 Å². The van der Waals surface area contributed by atoms with Crippen LogP contribution in [0.5, 0.6) is 0 Å². The van der Waals surface area contributed by atoms with Crippen LogP contribution in [0.15, 0.2) is 24.3 Å². The second kappa shape index (κ2) is 11.5. The van der Waals surface area contributed by atoms with Gasteiger partial charge in [0.25, 0.3) is 0 Å². The number of amides is 2. The third-order valence-electron chi connectivity index (χ3n) is 8.12. The zero-order valence-electron chi connectivity index (χ0n) is 21.4. The number of piperidine rings is 2. The summed E-state index contributed by atoms with van der Waals surface area (Å²) in [4.78, 5) is 41.8. The summed E-state index contributed by atoms with van der Waals surface area (Å²) in [6.07, 6.45) is 7.07. The molecule has 192 valence electrons. The van der Waals surface area contributed by atoms with Crippen LogP contribution in [0.1, 0.15) is 69.4 Å². The molecule has 3 heterocycles. The molecule has 4 rings (SSSR count). The molecule has 3 fully saturated rings. The van der Waals surface area contributed by atoms with Crippen LogP contribution in [0.25, 0.3) is 0 Å². The summed E-state index contributed by atoms with van der Waals surface area (Å²) in [7, 11) is 0. The fourth-order valence-corrected chi connectivity index (χ4v) is 6.05. The Labute approximate surface area is 209 Å². The van der Waals surface area contributed by atoms with E-state index in [1.165, 1.54) is 11.1 Å². The van der Waals surface area contributed by atoms with Gasteiger partial charge in [-0.05, 0) is 70.9 Å². The van der Waals surface area contributed by atoms with Crippen molar-refractivity contribution >= 4 is 17.8 Å². The first kappa shape index (κ1) is 25.7. The maximum absolute atomic E-state index is 13.1. The number of rotatable bonds is 8. The average molecular weight is 484 g/mol. The normalized spacial score (nSPS) is 25.9. The first-order valence-electron chi connectivity index (χ1n) is 13.4. The zero-order valence-corrected chi connectivity index (χ0v) is 21.4. The minimum Gasteiger partial charge on any atom is -0.466 e. The number of carbonyl (C=O) groups is 3. The highest BCUT2D eigenvalue weighted by Crippen LogP contribution is 2.31. The highest BCUT2D eigenvalue weighted by Gasteiger charge is 2.39. The monoisotopic (exact) mass is 483 g/mol. The molecule has 3 saturated heterocycles. The van der Waals surface area contributed by atoms with Gasteiger partial charge in [0.05, 0.1) is 12.5 Å². The van der Waals surface area contributed by atoms with Crippen molar-refractivity contribution in [1.29, 1.82) is 0 Å². The number of esters is 1. The van der Waals surface area contributed by atoms with Crippen LogP contribution in [0.4, 0.5) is 0 Å². The van der Waals surface area contributed by atoms with E-state index in [0.29, 0.717) is 31.9 Å². The van der Waals surface area contributed by atoms with Gasteiger partial charge in [-0.2, -0.15) is 0 Å². The molecule has 3 aliphatic heterocycles. The maximum Gasteiger partial charge on any atom is 0.310 e. The molecule has 7 heteroatoms. The van der Waals surface area contributed by atoms with Crippen molar-refractivity contribution in [3.8, 4) is 0 Å². The minimum atomic E-state index is -0.323. The largest absolute Gasteiger partial charge is 0.466 e. The predicted molar refractivity (Wildman–Crippen MR) is 135 cm³/mol. The molecule has 0 saturated carbocycles. The number of likely N-dealkylation sites (tertiary alicyclic amines) is 2. The van der Waals surface area contributed by atoms with Gasteiger partial charge >= 0.3 is 5.97 Å². The number of hydrogen-bond donors (Lipinski definition) is 1. The van der Waals surface area contributed by atoms with Gasteiger partial charge in [-0.1, -0.05) is 29.8 Å². The van der Waals surface area contributed by atoms with Gasteiger partial charge in [0.2, 0.25) is 11.8 Å². The Morgan fingerprint density at radius 3 is 2.51 bits per heavy atom. The van der Waals surface area contributed by atoms with Crippen molar-refractivity contribution in [2.24, 2.45) is 5.92 Å². The third kappa shape index (κ3) is 6.63. The van der Waals surface area contributed by atoms with Gasteiger partial charge < -0.3 is 15.0 Å². The van der Waals surface area contributed by atoms with Crippen LogP contribution in [-0.2, 0) is 25.5 Å². The number of ether oxygens (including phenoxy) is 1. The zero-order chi connectivity index (χ0) is 24.8. The number of nitrogens with zero attached hydrogens (tertiary/aromatic N) is 2. The second-order valence-corrected chi connectivity index (χ2v) is 10.7. The Morgan fingerprint density at radius 1 is 1.11 bits per heavy atom. The predicted octanol–water partition coefficient (Wildman–Crippen LogP) is 3.23. The van der Waals surface area contributed by atoms with Crippen LogP contribution < -0.4 is 5.32 Å². The van der Waals surface area contributed by atoms with E-state index in [9.17, 15) is 14.4 Å². The van der Waals surface area contributed by atoms with Crippen LogP contribution in [0.2, 0.25) is 0 Å². The quantitative estimate of drug-likeness (QED) is 0.575. The molecule has 0 bridgehead atoms. The molecule has 2 atom stereocenters. The summed E-state index contributed by atoms with van der Waals surface area (Å²) in [5, 5.41) is 3.21. The van der Waals surface area contributed by atoms with Crippen molar-refractivity contribution in [2.75, 3.05) is 32.8 Å². The fourth-order valence-electron chi connectivity index (χ4n) is 6.05. The molecule has 3 aliphatic rings. The van der Waals surface area contributed by atoms with E-state index in [4.69, 9.17) is 4.74 Å². The van der Waals surface area contributed by atoms with Gasteiger partial charge in [-0.25, -0.2) is 0 Å². The summed E-state index contributed by atoms with van der Waals surface area (Å²) in [5.74, 6) is 0.196. The molecule has 1 N–H and O–H groups in total. The summed E-state index contributed by atoms with van der Waals surface area (Å²) < 4.78 is 5.25. The van der Waals surface area contributed by atoms with Gasteiger partial charge in [-0.15, -0.1) is 0 Å². The second-order valence-electron chi connectivity index (χ2n) is 10.7. The van der Waals surface area contributed by atoms with Crippen molar-refractivity contribution in [2.45, 2.75) is 83.2 Å². The van der Waals surface area contributed by atoms with Gasteiger partial charge in [-0.3, -0.25) is 19.3 Å². The summed E-state index contributed by atoms with van der Waals surface area (Å²) in [6, 6.07) is 8.89. The Balaban J connectivity index is 1.27. The highest BCUT2D eigenvalue weighted by atomic mass is 16.5. The lowest BCUT2D eigenvalue weighted by Crippen LogP contribution is -2.51. The topological polar surface area (TPSA) is 79.0 Å². The van der Waals surface area contributed by atoms with Crippen LogP contribution in [0.3, 0.4) is 0 Å². The molecule has 0 radical (unpaired) electrons. The van der Waals surface area contributed by atoms with Gasteiger partial charge in [0, 0.05) is 44.1 Å². The van der Waals surface area contributed by atoms with E-state index in [-0.39, 0.29) is 29.2 Å². The summed E-state index contributed by atoms with van der Waals surface area (Å²) in [6.45, 7) is 7.70. The Hall–Kier alpha value is -2.41. The average Bonchev–Trinajstić information content (AvgIpc) is 3.24. The third-order valence-corrected chi connectivity index (χ3v) is 8.12. The molecule has 0 aromatic heterocycles. The van der Waals surface area contributed by atoms with E-state index in [1.54, 1.807) is 0 Å². The molecule has 1 aromatic rings. The van der Waals surface area contributed by atoms with Gasteiger partial charge in [0.1, 0.15) is 0 Å². The van der Waals surface area contributed by atoms with E-state index < -0.39 is 0 Å². The number of benzene rings is 1. The molecule has 2 amide bonds. The first-order chi connectivity index (χ1) is 16.9. The lowest BCUT2D eigenvalue weighted by atomic mass is 9.84. The highest BCUT2D eigenvalue weighted by molar-refractivity contribution is 5.80. The Bertz CT molecular complexity index is 894. The van der Waals surface area contributed by atoms with Crippen molar-refractivity contribution in [3.05, 3.63) is 35.4 Å². The molecule has 0 spiro atoms. The van der Waals surface area contributed by atoms with Crippen molar-refractivity contribution < 1.29 is 19.1 Å². The van der Waals surface area contributed by atoms with Crippen LogP contribution in [-0.4, -0.2) is 72.0 Å². The lowest BCUT2D eigenvalue weighted by molar-refractivity contribution is -0.150. The summed E-state index contributed by atoms with van der Waals surface area (Å²) >= 11 is 0. The molecular weight excluding hydrogens is 442 g/mol. The number of aryl methyl sites for hydroxylation is 1. The van der Waals surface area contributed by atoms with Crippen molar-refractivity contribution in [3.63, 3.8) is 0 Å². The van der Waals surface area contributed by atoms with E-state index in [2.05, 4.69) is 41.4 Å². The SMILES string of the molecule is CCOC(=O)[C@H]1CCCN(C2CCN(C(=O)CC[C@@]3(Cc4ccc(C)cc4)CCC(=O)N3)CC2)C1. The number of nitrogens with one attached hydrogen (secondary N) is 1. The summed E-state index contributed by atoms with van der Waals surface area (Å²) in [5.41, 5.74) is 2.10. The van der Waals surface area contributed by atoms with E-state index in [1.807, 2.05) is 11.8 Å². The Morgan fingerprint density at radius 2 is 1.86 bits per heavy atom. The first-order valence-corrected chi connectivity index (χ1v) is 13.4. The molecule has 7 nitrogen and oxygen atoms in total. The molecule has 0 unspecified atom stereocenters. The van der Waals surface area contributed by atoms with E-state index >= 15 is 0 Å². The van der Waals surface area contributed by atoms with E-state index in [0.717, 1.165) is 64.7 Å². The van der Waals surface area contributed by atoms with Crippen LogP contribution in [0, 0.1) is 12.8 Å². The standard InChI is InChI=1S/C28H41N3O4/c1-3-35-27(34)23-5-4-16-31(20-23)24-12-17-30(18-13-24)26(33)11-15-28(14-10-25(32)29-28)19-22-8-6-21(2)7-9-22/h6-9,23-24H,3-5,10-20H2,1-2H3,(H,29,32)/t23-,28+/m0/s1. The minimum absolute atomic E-state index is 0.0188. The maximum atomic E-state index is 13.1. The number of hydrogen-bond acceptors (Lipinski definition) is 5. The Kier molecular flexibility index (Phi) is 8.47. The lowest BCUT2D eigenvalue weighted by Gasteiger charge is -2.42. The molecular formula is C28H41N3O4. The van der Waals surface area contributed by atoms with Crippen LogP contribution >= 0.6 is 0 Å². The number of carbonyl (C=O) groups excluding carboxylic acids is 3. The fraction of sp³-hybridized carbons (Fsp3) is 0.679. The smallest absolute Gasteiger partial charge is 0.310 e. The molecule has 35 heavy (non-hydrogen) atoms.